The molecule has 2 N–H and O–H groups in total. The highest BCUT2D eigenvalue weighted by atomic mass is 35.5. The number of carbonyl (C=O) groups is 1. The number of nitrogens with one attached hydrogen (secondary N) is 1. The van der Waals surface area contributed by atoms with Crippen LogP contribution in [0.15, 0.2) is 18.2 Å². The number of rotatable bonds is 7. The van der Waals surface area contributed by atoms with E-state index in [2.05, 4.69) is 5.32 Å². The number of methoxy groups -OCH3 is 1. The van der Waals surface area contributed by atoms with E-state index in [0.29, 0.717) is 30.2 Å². The molecule has 0 aliphatic heterocycles. The summed E-state index contributed by atoms with van der Waals surface area (Å²) in [5.74, 6) is 0.600. The number of ether oxygens (including phenoxy) is 1. The van der Waals surface area contributed by atoms with Crippen LogP contribution in [0.2, 0.25) is 5.02 Å². The summed E-state index contributed by atoms with van der Waals surface area (Å²) in [6, 6.07) is 5.51. The molecular formula is C15H22ClNO3. The van der Waals surface area contributed by atoms with E-state index in [1.807, 2.05) is 26.0 Å². The molecule has 1 amide bonds. The largest absolute Gasteiger partial charge is 0.495 e. The second-order valence-electron chi connectivity index (χ2n) is 5.57. The average molecular weight is 300 g/mol. The van der Waals surface area contributed by atoms with E-state index in [4.69, 9.17) is 21.4 Å². The molecule has 4 nitrogen and oxygen atoms in total. The highest BCUT2D eigenvalue weighted by Crippen LogP contribution is 2.25. The molecule has 0 atom stereocenters. The molecule has 1 aromatic rings. The molecule has 0 spiro atoms. The van der Waals surface area contributed by atoms with Crippen molar-refractivity contribution in [3.63, 3.8) is 0 Å². The standard InChI is InChI=1S/C15H22ClNO3/c1-15(2,10-18)9-17-14(19)7-5-11-4-6-13(20-3)12(16)8-11/h4,6,8,18H,5,7,9-10H2,1-3H3,(H,17,19). The molecule has 0 saturated carbocycles. The average Bonchev–Trinajstić information content (AvgIpc) is 2.43. The van der Waals surface area contributed by atoms with Crippen LogP contribution >= 0.6 is 11.6 Å². The van der Waals surface area contributed by atoms with Crippen LogP contribution in [-0.2, 0) is 11.2 Å². The zero-order valence-electron chi connectivity index (χ0n) is 12.2. The van der Waals surface area contributed by atoms with Gasteiger partial charge in [0.1, 0.15) is 5.75 Å². The van der Waals surface area contributed by atoms with E-state index in [9.17, 15) is 4.79 Å². The summed E-state index contributed by atoms with van der Waals surface area (Å²) in [6.45, 7) is 4.31. The summed E-state index contributed by atoms with van der Waals surface area (Å²) in [7, 11) is 1.57. The smallest absolute Gasteiger partial charge is 0.220 e. The van der Waals surface area contributed by atoms with Crippen molar-refractivity contribution >= 4 is 17.5 Å². The minimum atomic E-state index is -0.293. The van der Waals surface area contributed by atoms with Gasteiger partial charge in [0.15, 0.2) is 0 Å². The van der Waals surface area contributed by atoms with Crippen LogP contribution < -0.4 is 10.1 Å². The number of hydrogen-bond donors (Lipinski definition) is 2. The molecule has 0 heterocycles. The molecule has 1 rings (SSSR count). The number of carbonyl (C=O) groups excluding carboxylic acids is 1. The first-order chi connectivity index (χ1) is 9.38. The van der Waals surface area contributed by atoms with Gasteiger partial charge in [-0.15, -0.1) is 0 Å². The van der Waals surface area contributed by atoms with Crippen LogP contribution in [0.5, 0.6) is 5.75 Å². The van der Waals surface area contributed by atoms with E-state index >= 15 is 0 Å². The van der Waals surface area contributed by atoms with Crippen LogP contribution in [0.25, 0.3) is 0 Å². The zero-order valence-corrected chi connectivity index (χ0v) is 13.0. The second kappa shape index (κ2) is 7.50. The van der Waals surface area contributed by atoms with Crippen molar-refractivity contribution < 1.29 is 14.6 Å². The van der Waals surface area contributed by atoms with Gasteiger partial charge in [-0.2, -0.15) is 0 Å². The van der Waals surface area contributed by atoms with Gasteiger partial charge in [0.2, 0.25) is 5.91 Å². The molecule has 0 radical (unpaired) electrons. The van der Waals surface area contributed by atoms with E-state index in [-0.39, 0.29) is 17.9 Å². The van der Waals surface area contributed by atoms with Crippen LogP contribution in [0, 0.1) is 5.41 Å². The maximum atomic E-state index is 11.7. The number of halogens is 1. The first-order valence-electron chi connectivity index (χ1n) is 6.58. The lowest BCUT2D eigenvalue weighted by molar-refractivity contribution is -0.121. The molecule has 0 aliphatic carbocycles. The molecule has 0 unspecified atom stereocenters. The van der Waals surface area contributed by atoms with Crippen molar-refractivity contribution in [2.75, 3.05) is 20.3 Å². The van der Waals surface area contributed by atoms with Crippen molar-refractivity contribution in [1.29, 1.82) is 0 Å². The Morgan fingerprint density at radius 2 is 2.15 bits per heavy atom. The third-order valence-electron chi connectivity index (χ3n) is 3.05. The summed E-state index contributed by atoms with van der Waals surface area (Å²) >= 11 is 6.03. The lowest BCUT2D eigenvalue weighted by Crippen LogP contribution is -2.36. The normalized spacial score (nSPS) is 11.2. The van der Waals surface area contributed by atoms with Gasteiger partial charge in [0.05, 0.1) is 12.1 Å². The fraction of sp³-hybridized carbons (Fsp3) is 0.533. The Labute approximate surface area is 125 Å². The van der Waals surface area contributed by atoms with Gasteiger partial charge in [-0.05, 0) is 24.1 Å². The van der Waals surface area contributed by atoms with Crippen LogP contribution in [0.3, 0.4) is 0 Å². The maximum absolute atomic E-state index is 11.7. The molecular weight excluding hydrogens is 278 g/mol. The fourth-order valence-corrected chi connectivity index (χ4v) is 1.89. The monoisotopic (exact) mass is 299 g/mol. The molecule has 0 fully saturated rings. The number of hydrogen-bond acceptors (Lipinski definition) is 3. The number of aliphatic hydroxyl groups excluding tert-OH is 1. The first kappa shape index (κ1) is 16.8. The third kappa shape index (κ3) is 5.39. The Morgan fingerprint density at radius 1 is 1.45 bits per heavy atom. The Morgan fingerprint density at radius 3 is 2.70 bits per heavy atom. The van der Waals surface area contributed by atoms with Gasteiger partial charge in [0, 0.05) is 25.0 Å². The van der Waals surface area contributed by atoms with Gasteiger partial charge in [-0.3, -0.25) is 4.79 Å². The Bertz CT molecular complexity index is 460. The molecule has 1 aromatic carbocycles. The van der Waals surface area contributed by atoms with E-state index in [0.717, 1.165) is 5.56 Å². The van der Waals surface area contributed by atoms with E-state index in [1.165, 1.54) is 0 Å². The highest BCUT2D eigenvalue weighted by molar-refractivity contribution is 6.32. The lowest BCUT2D eigenvalue weighted by atomic mass is 9.95. The first-order valence-corrected chi connectivity index (χ1v) is 6.96. The highest BCUT2D eigenvalue weighted by Gasteiger charge is 2.17. The van der Waals surface area contributed by atoms with Crippen LogP contribution in [0.1, 0.15) is 25.8 Å². The predicted octanol–water partition coefficient (Wildman–Crippen LogP) is 2.42. The molecule has 112 valence electrons. The van der Waals surface area contributed by atoms with Crippen molar-refractivity contribution in [3.05, 3.63) is 28.8 Å². The fourth-order valence-electron chi connectivity index (χ4n) is 1.61. The molecule has 0 aromatic heterocycles. The van der Waals surface area contributed by atoms with Gasteiger partial charge in [0.25, 0.3) is 0 Å². The Hall–Kier alpha value is -1.26. The van der Waals surface area contributed by atoms with Crippen molar-refractivity contribution in [2.45, 2.75) is 26.7 Å². The molecule has 20 heavy (non-hydrogen) atoms. The summed E-state index contributed by atoms with van der Waals surface area (Å²) in [6.07, 6.45) is 1.01. The molecule has 0 saturated heterocycles. The number of aliphatic hydroxyl groups is 1. The van der Waals surface area contributed by atoms with Gasteiger partial charge >= 0.3 is 0 Å². The maximum Gasteiger partial charge on any atom is 0.220 e. The van der Waals surface area contributed by atoms with Crippen molar-refractivity contribution in [3.8, 4) is 5.75 Å². The summed E-state index contributed by atoms with van der Waals surface area (Å²) in [4.78, 5) is 11.7. The van der Waals surface area contributed by atoms with Gasteiger partial charge in [-0.1, -0.05) is 31.5 Å². The van der Waals surface area contributed by atoms with Crippen LogP contribution in [-0.4, -0.2) is 31.3 Å². The quantitative estimate of drug-likeness (QED) is 0.813. The zero-order chi connectivity index (χ0) is 15.2. The molecule has 5 heteroatoms. The van der Waals surface area contributed by atoms with E-state index in [1.54, 1.807) is 13.2 Å². The number of amides is 1. The number of benzene rings is 1. The van der Waals surface area contributed by atoms with Crippen molar-refractivity contribution in [1.82, 2.24) is 5.32 Å². The van der Waals surface area contributed by atoms with Gasteiger partial charge in [-0.25, -0.2) is 0 Å². The van der Waals surface area contributed by atoms with Crippen molar-refractivity contribution in [2.24, 2.45) is 5.41 Å². The number of aryl methyl sites for hydroxylation is 1. The summed E-state index contributed by atoms with van der Waals surface area (Å²) < 4.78 is 5.08. The second-order valence-corrected chi connectivity index (χ2v) is 5.98. The molecule has 0 bridgehead atoms. The van der Waals surface area contributed by atoms with Gasteiger partial charge < -0.3 is 15.2 Å². The molecule has 0 aliphatic rings. The summed E-state index contributed by atoms with van der Waals surface area (Å²) in [5, 5.41) is 12.5. The Balaban J connectivity index is 2.43. The minimum Gasteiger partial charge on any atom is -0.495 e. The lowest BCUT2D eigenvalue weighted by Gasteiger charge is -2.21. The SMILES string of the molecule is COc1ccc(CCC(=O)NCC(C)(C)CO)cc1Cl. The van der Waals surface area contributed by atoms with Crippen LogP contribution in [0.4, 0.5) is 0 Å². The third-order valence-corrected chi connectivity index (χ3v) is 3.34. The predicted molar refractivity (Wildman–Crippen MR) is 80.2 cm³/mol. The van der Waals surface area contributed by atoms with E-state index < -0.39 is 0 Å². The topological polar surface area (TPSA) is 58.6 Å². The minimum absolute atomic E-state index is 0.0292. The summed E-state index contributed by atoms with van der Waals surface area (Å²) in [5.41, 5.74) is 0.700. The Kier molecular flexibility index (Phi) is 6.30.